The summed E-state index contributed by atoms with van der Waals surface area (Å²) in [6.07, 6.45) is 0. The third-order valence-electron chi connectivity index (χ3n) is 3.75. The maximum Gasteiger partial charge on any atom is 0.274 e. The van der Waals surface area contributed by atoms with Gasteiger partial charge in [-0.05, 0) is 32.0 Å². The van der Waals surface area contributed by atoms with E-state index in [0.717, 1.165) is 0 Å². The number of anilines is 3. The zero-order chi connectivity index (χ0) is 18.8. The van der Waals surface area contributed by atoms with Crippen molar-refractivity contribution in [1.29, 1.82) is 0 Å². The van der Waals surface area contributed by atoms with E-state index < -0.39 is 0 Å². The molecule has 3 heterocycles. The Morgan fingerprint density at radius 1 is 1.04 bits per heavy atom. The minimum Gasteiger partial charge on any atom is -0.486 e. The fourth-order valence-electron chi connectivity index (χ4n) is 2.60. The van der Waals surface area contributed by atoms with Crippen molar-refractivity contribution in [3.63, 3.8) is 0 Å². The van der Waals surface area contributed by atoms with Crippen LogP contribution in [0, 0.1) is 13.8 Å². The number of aromatic nitrogens is 3. The first-order valence-electron chi connectivity index (χ1n) is 8.34. The number of hydrogen-bond acceptors (Lipinski definition) is 8. The van der Waals surface area contributed by atoms with Gasteiger partial charge in [0.05, 0.1) is 0 Å². The first kappa shape index (κ1) is 16.8. The van der Waals surface area contributed by atoms with Crippen LogP contribution in [0.25, 0.3) is 0 Å². The predicted octanol–water partition coefficient (Wildman–Crippen LogP) is 2.85. The molecule has 0 unspecified atom stereocenters. The molecule has 0 saturated heterocycles. The highest BCUT2D eigenvalue weighted by atomic mass is 16.6. The number of carbonyl (C=O) groups is 1. The van der Waals surface area contributed by atoms with Gasteiger partial charge in [-0.2, -0.15) is 0 Å². The highest BCUT2D eigenvalue weighted by molar-refractivity contribution is 6.03. The van der Waals surface area contributed by atoms with Crippen molar-refractivity contribution in [2.24, 2.45) is 0 Å². The number of amides is 1. The van der Waals surface area contributed by atoms with E-state index in [1.54, 1.807) is 44.2 Å². The van der Waals surface area contributed by atoms with E-state index in [0.29, 0.717) is 47.7 Å². The molecule has 1 aliphatic rings. The normalized spacial score (nSPS) is 12.5. The molecular formula is C18H17N5O4. The summed E-state index contributed by atoms with van der Waals surface area (Å²) < 4.78 is 16.0. The van der Waals surface area contributed by atoms with Crippen molar-refractivity contribution in [2.75, 3.05) is 23.8 Å². The third-order valence-corrected chi connectivity index (χ3v) is 3.75. The van der Waals surface area contributed by atoms with Crippen LogP contribution in [-0.2, 0) is 0 Å². The second-order valence-corrected chi connectivity index (χ2v) is 5.98. The van der Waals surface area contributed by atoms with E-state index in [2.05, 4.69) is 25.8 Å². The van der Waals surface area contributed by atoms with Crippen LogP contribution in [0.5, 0.6) is 11.5 Å². The maximum atomic E-state index is 12.6. The van der Waals surface area contributed by atoms with Crippen molar-refractivity contribution >= 4 is 23.4 Å². The Balaban J connectivity index is 1.53. The number of nitrogens with one attached hydrogen (secondary N) is 2. The number of ether oxygens (including phenoxy) is 2. The molecule has 0 atom stereocenters. The van der Waals surface area contributed by atoms with E-state index in [1.807, 2.05) is 0 Å². The summed E-state index contributed by atoms with van der Waals surface area (Å²) in [5.41, 5.74) is 1.45. The smallest absolute Gasteiger partial charge is 0.274 e. The summed E-state index contributed by atoms with van der Waals surface area (Å²) in [5, 5.41) is 9.56. The van der Waals surface area contributed by atoms with Gasteiger partial charge < -0.3 is 24.6 Å². The van der Waals surface area contributed by atoms with E-state index in [4.69, 9.17) is 14.0 Å². The van der Waals surface area contributed by atoms with Crippen molar-refractivity contribution in [3.05, 3.63) is 47.5 Å². The van der Waals surface area contributed by atoms with Crippen molar-refractivity contribution in [2.45, 2.75) is 13.8 Å². The lowest BCUT2D eigenvalue weighted by molar-refractivity contribution is 0.102. The number of hydrogen-bond donors (Lipinski definition) is 2. The van der Waals surface area contributed by atoms with Gasteiger partial charge in [-0.1, -0.05) is 5.16 Å². The number of fused-ring (bicyclic) bond motifs is 1. The van der Waals surface area contributed by atoms with E-state index in [-0.39, 0.29) is 17.5 Å². The van der Waals surface area contributed by atoms with Gasteiger partial charge in [0.25, 0.3) is 5.91 Å². The molecule has 0 aliphatic carbocycles. The summed E-state index contributed by atoms with van der Waals surface area (Å²) in [7, 11) is 0. The van der Waals surface area contributed by atoms with Crippen LogP contribution in [0.3, 0.4) is 0 Å². The summed E-state index contributed by atoms with van der Waals surface area (Å²) in [6, 6.07) is 8.54. The van der Waals surface area contributed by atoms with Gasteiger partial charge in [0.2, 0.25) is 5.95 Å². The zero-order valence-corrected chi connectivity index (χ0v) is 14.8. The largest absolute Gasteiger partial charge is 0.486 e. The molecule has 138 valence electrons. The lowest BCUT2D eigenvalue weighted by Gasteiger charge is -2.19. The molecule has 0 fully saturated rings. The first-order chi connectivity index (χ1) is 13.1. The number of carbonyl (C=O) groups excluding carboxylic acids is 1. The van der Waals surface area contributed by atoms with Gasteiger partial charge in [-0.15, -0.1) is 0 Å². The van der Waals surface area contributed by atoms with Crippen molar-refractivity contribution < 1.29 is 18.8 Å². The average molecular weight is 367 g/mol. The summed E-state index contributed by atoms with van der Waals surface area (Å²) in [4.78, 5) is 21.1. The van der Waals surface area contributed by atoms with Crippen molar-refractivity contribution in [3.8, 4) is 11.5 Å². The van der Waals surface area contributed by atoms with Crippen molar-refractivity contribution in [1.82, 2.24) is 15.1 Å². The lowest BCUT2D eigenvalue weighted by Crippen LogP contribution is -2.17. The maximum absolute atomic E-state index is 12.6. The molecule has 4 rings (SSSR count). The monoisotopic (exact) mass is 367 g/mol. The second-order valence-electron chi connectivity index (χ2n) is 5.98. The molecular weight excluding hydrogens is 350 g/mol. The zero-order valence-electron chi connectivity index (χ0n) is 14.8. The van der Waals surface area contributed by atoms with Crippen LogP contribution in [0.1, 0.15) is 21.9 Å². The highest BCUT2D eigenvalue weighted by Gasteiger charge is 2.15. The molecule has 1 aliphatic heterocycles. The van der Waals surface area contributed by atoms with Gasteiger partial charge in [0, 0.05) is 23.5 Å². The molecule has 27 heavy (non-hydrogen) atoms. The van der Waals surface area contributed by atoms with E-state index in [9.17, 15) is 4.79 Å². The molecule has 1 aromatic carbocycles. The predicted molar refractivity (Wildman–Crippen MR) is 96.7 cm³/mol. The molecule has 0 saturated carbocycles. The van der Waals surface area contributed by atoms with Gasteiger partial charge in [0.1, 0.15) is 24.7 Å². The Hall–Kier alpha value is -3.62. The Kier molecular flexibility index (Phi) is 4.33. The molecule has 0 spiro atoms. The Labute approximate surface area is 154 Å². The van der Waals surface area contributed by atoms with Gasteiger partial charge in [-0.25, -0.2) is 9.97 Å². The van der Waals surface area contributed by atoms with Crippen LogP contribution < -0.4 is 20.1 Å². The van der Waals surface area contributed by atoms with Gasteiger partial charge >= 0.3 is 0 Å². The Morgan fingerprint density at radius 3 is 2.63 bits per heavy atom. The fourth-order valence-corrected chi connectivity index (χ4v) is 2.60. The molecule has 0 radical (unpaired) electrons. The highest BCUT2D eigenvalue weighted by Crippen LogP contribution is 2.32. The molecule has 0 bridgehead atoms. The molecule has 2 aromatic heterocycles. The summed E-state index contributed by atoms with van der Waals surface area (Å²) in [5.74, 6) is 2.28. The Morgan fingerprint density at radius 2 is 1.85 bits per heavy atom. The van der Waals surface area contributed by atoms with E-state index >= 15 is 0 Å². The molecule has 2 N–H and O–H groups in total. The first-order valence-corrected chi connectivity index (χ1v) is 8.34. The average Bonchev–Trinajstić information content (AvgIpc) is 3.06. The lowest BCUT2D eigenvalue weighted by atomic mass is 10.2. The van der Waals surface area contributed by atoms with Gasteiger partial charge in [-0.3, -0.25) is 4.79 Å². The molecule has 9 nitrogen and oxygen atoms in total. The minimum absolute atomic E-state index is 0.222. The van der Waals surface area contributed by atoms with Crippen LogP contribution in [0.4, 0.5) is 17.5 Å². The van der Waals surface area contributed by atoms with Gasteiger partial charge in [0.15, 0.2) is 17.3 Å². The minimum atomic E-state index is -0.364. The third kappa shape index (κ3) is 3.81. The van der Waals surface area contributed by atoms with Crippen LogP contribution in [-0.4, -0.2) is 34.2 Å². The van der Waals surface area contributed by atoms with Crippen LogP contribution in [0.2, 0.25) is 0 Å². The molecule has 9 heteroatoms. The fraction of sp³-hybridized carbons (Fsp3) is 0.222. The quantitative estimate of drug-likeness (QED) is 0.724. The Bertz CT molecular complexity index is 1000. The van der Waals surface area contributed by atoms with Crippen LogP contribution >= 0.6 is 0 Å². The SMILES string of the molecule is Cc1cc(C(=O)Nc2ccc3c(c2)OCCO3)nc(Nc2cc(C)on2)n1. The standard InChI is InChI=1S/C18H17N5O4/c1-10-7-13(21-18(19-10)22-16-8-11(2)27-23-16)17(24)20-12-3-4-14-15(9-12)26-6-5-25-14/h3-4,7-9H,5-6H2,1-2H3,(H,20,24)(H,19,21,22,23). The number of nitrogens with zero attached hydrogens (tertiary/aromatic N) is 3. The number of rotatable bonds is 4. The second kappa shape index (κ2) is 6.94. The molecule has 3 aromatic rings. The molecule has 1 amide bonds. The van der Waals surface area contributed by atoms with E-state index in [1.165, 1.54) is 0 Å². The summed E-state index contributed by atoms with van der Waals surface area (Å²) >= 11 is 0. The van der Waals surface area contributed by atoms with Crippen LogP contribution in [0.15, 0.2) is 34.9 Å². The summed E-state index contributed by atoms with van der Waals surface area (Å²) in [6.45, 7) is 4.55. The number of benzene rings is 1. The number of aryl methyl sites for hydroxylation is 2. The topological polar surface area (TPSA) is 111 Å².